The number of nitrogens with zero attached hydrogens (tertiary/aromatic N) is 1. The number of anilines is 1. The van der Waals surface area contributed by atoms with Gasteiger partial charge in [-0.2, -0.15) is 0 Å². The summed E-state index contributed by atoms with van der Waals surface area (Å²) in [5.41, 5.74) is 3.61. The molecule has 1 N–H and O–H groups in total. The molecule has 2 aromatic carbocycles. The van der Waals surface area contributed by atoms with Gasteiger partial charge in [0.1, 0.15) is 5.82 Å². The minimum atomic E-state index is -0.458. The quantitative estimate of drug-likeness (QED) is 0.744. The van der Waals surface area contributed by atoms with Gasteiger partial charge in [0.25, 0.3) is 0 Å². The lowest BCUT2D eigenvalue weighted by Gasteiger charge is -2.32. The number of carbonyl (C=O) groups is 1. The second-order valence-electron chi connectivity index (χ2n) is 7.16. The predicted octanol–water partition coefficient (Wildman–Crippen LogP) is 4.32. The molecule has 0 bridgehead atoms. The molecule has 1 aliphatic carbocycles. The van der Waals surface area contributed by atoms with Gasteiger partial charge >= 0.3 is 0 Å². The highest BCUT2D eigenvalue weighted by Gasteiger charge is 2.54. The number of benzene rings is 2. The molecule has 1 fully saturated rings. The summed E-state index contributed by atoms with van der Waals surface area (Å²) in [4.78, 5) is 18.6. The van der Waals surface area contributed by atoms with Gasteiger partial charge in [0.05, 0.1) is 5.41 Å². The summed E-state index contributed by atoms with van der Waals surface area (Å²) in [6.45, 7) is 0.772. The van der Waals surface area contributed by atoms with Gasteiger partial charge in [0.15, 0.2) is 0 Å². The number of hydrogen-bond donors (Lipinski definition) is 1. The highest BCUT2D eigenvalue weighted by molar-refractivity contribution is 6.06. The van der Waals surface area contributed by atoms with Crippen LogP contribution in [0.25, 0.3) is 10.9 Å². The van der Waals surface area contributed by atoms with Gasteiger partial charge in [0.2, 0.25) is 5.91 Å². The Hall–Kier alpha value is -2.62. The number of para-hydroxylation sites is 1. The first-order valence-electron chi connectivity index (χ1n) is 8.86. The van der Waals surface area contributed by atoms with Crippen LogP contribution in [0.4, 0.5) is 10.1 Å². The van der Waals surface area contributed by atoms with Crippen molar-refractivity contribution in [2.75, 3.05) is 11.4 Å². The highest BCUT2D eigenvalue weighted by Crippen LogP contribution is 2.52. The van der Waals surface area contributed by atoms with Crippen LogP contribution in [-0.2, 0) is 16.6 Å². The molecular weight excluding hydrogens is 315 g/mol. The lowest BCUT2D eigenvalue weighted by molar-refractivity contribution is -0.121. The molecule has 0 spiro atoms. The van der Waals surface area contributed by atoms with Crippen molar-refractivity contribution in [3.8, 4) is 0 Å². The Kier molecular flexibility index (Phi) is 3.05. The SMILES string of the molecule is O=C(N1CCCc2ccccc21)C1(c2c[nH]c3cc(F)ccc23)CC1. The Morgan fingerprint density at radius 2 is 2.00 bits per heavy atom. The number of fused-ring (bicyclic) bond motifs is 2. The van der Waals surface area contributed by atoms with Crippen molar-refractivity contribution in [2.24, 2.45) is 0 Å². The first kappa shape index (κ1) is 14.7. The fraction of sp³-hybridized carbons (Fsp3) is 0.286. The van der Waals surface area contributed by atoms with Crippen molar-refractivity contribution in [2.45, 2.75) is 31.1 Å². The van der Waals surface area contributed by atoms with E-state index in [2.05, 4.69) is 11.1 Å². The van der Waals surface area contributed by atoms with Crippen LogP contribution in [0.2, 0.25) is 0 Å². The van der Waals surface area contributed by atoms with Gasteiger partial charge in [0, 0.05) is 29.3 Å². The summed E-state index contributed by atoms with van der Waals surface area (Å²) < 4.78 is 13.5. The third kappa shape index (κ3) is 2.13. The number of aromatic nitrogens is 1. The average molecular weight is 334 g/mol. The number of aromatic amines is 1. The Morgan fingerprint density at radius 3 is 2.84 bits per heavy atom. The van der Waals surface area contributed by atoms with E-state index < -0.39 is 5.41 Å². The summed E-state index contributed by atoms with van der Waals surface area (Å²) in [5, 5.41) is 0.956. The molecule has 1 aromatic heterocycles. The fourth-order valence-corrected chi connectivity index (χ4v) is 4.22. The molecular formula is C21H19FN2O. The molecule has 0 atom stereocenters. The summed E-state index contributed by atoms with van der Waals surface area (Å²) in [7, 11) is 0. The van der Waals surface area contributed by atoms with E-state index in [-0.39, 0.29) is 11.7 Å². The monoisotopic (exact) mass is 334 g/mol. The van der Waals surface area contributed by atoms with Crippen molar-refractivity contribution in [1.29, 1.82) is 0 Å². The van der Waals surface area contributed by atoms with E-state index in [9.17, 15) is 9.18 Å². The molecule has 126 valence electrons. The number of H-pyrrole nitrogens is 1. The molecule has 5 rings (SSSR count). The number of nitrogens with one attached hydrogen (secondary N) is 1. The first-order chi connectivity index (χ1) is 12.2. The Labute approximate surface area is 145 Å². The first-order valence-corrected chi connectivity index (χ1v) is 8.86. The lowest BCUT2D eigenvalue weighted by Crippen LogP contribution is -2.42. The molecule has 3 nitrogen and oxygen atoms in total. The van der Waals surface area contributed by atoms with E-state index in [4.69, 9.17) is 0 Å². The van der Waals surface area contributed by atoms with Crippen LogP contribution in [0.1, 0.15) is 30.4 Å². The van der Waals surface area contributed by atoms with Crippen molar-refractivity contribution >= 4 is 22.5 Å². The van der Waals surface area contributed by atoms with Gasteiger partial charge < -0.3 is 9.88 Å². The Balaban J connectivity index is 1.57. The average Bonchev–Trinajstić information content (AvgIpc) is 3.34. The Bertz CT molecular complexity index is 986. The maximum absolute atomic E-state index is 13.5. The topological polar surface area (TPSA) is 36.1 Å². The highest BCUT2D eigenvalue weighted by atomic mass is 19.1. The van der Waals surface area contributed by atoms with Gasteiger partial charge in [-0.3, -0.25) is 4.79 Å². The number of rotatable bonds is 2. The molecule has 2 aliphatic rings. The molecule has 0 radical (unpaired) electrons. The third-order valence-corrected chi connectivity index (χ3v) is 5.67. The van der Waals surface area contributed by atoms with E-state index in [1.165, 1.54) is 17.7 Å². The maximum Gasteiger partial charge on any atom is 0.237 e. The van der Waals surface area contributed by atoms with E-state index >= 15 is 0 Å². The van der Waals surface area contributed by atoms with Crippen molar-refractivity contribution in [3.05, 3.63) is 65.6 Å². The normalized spacial score (nSPS) is 18.2. The Morgan fingerprint density at radius 1 is 1.16 bits per heavy atom. The molecule has 0 saturated heterocycles. The van der Waals surface area contributed by atoms with Crippen LogP contribution in [0, 0.1) is 5.82 Å². The third-order valence-electron chi connectivity index (χ3n) is 5.67. The van der Waals surface area contributed by atoms with Crippen LogP contribution in [0.15, 0.2) is 48.7 Å². The molecule has 1 saturated carbocycles. The molecule has 0 unspecified atom stereocenters. The molecule has 25 heavy (non-hydrogen) atoms. The van der Waals surface area contributed by atoms with Crippen molar-refractivity contribution in [3.63, 3.8) is 0 Å². The molecule has 3 aromatic rings. The molecule has 2 heterocycles. The van der Waals surface area contributed by atoms with Gasteiger partial charge in [-0.1, -0.05) is 18.2 Å². The van der Waals surface area contributed by atoms with E-state index in [1.807, 2.05) is 29.3 Å². The summed E-state index contributed by atoms with van der Waals surface area (Å²) in [6.07, 6.45) is 5.63. The van der Waals surface area contributed by atoms with Crippen LogP contribution in [0.5, 0.6) is 0 Å². The molecule has 1 aliphatic heterocycles. The van der Waals surface area contributed by atoms with Gasteiger partial charge in [-0.05, 0) is 61.1 Å². The maximum atomic E-state index is 13.5. The van der Waals surface area contributed by atoms with E-state index in [0.717, 1.165) is 54.4 Å². The number of halogens is 1. The molecule has 4 heteroatoms. The number of aryl methyl sites for hydroxylation is 1. The predicted molar refractivity (Wildman–Crippen MR) is 96.3 cm³/mol. The van der Waals surface area contributed by atoms with Gasteiger partial charge in [-0.25, -0.2) is 4.39 Å². The van der Waals surface area contributed by atoms with E-state index in [0.29, 0.717) is 0 Å². The minimum Gasteiger partial charge on any atom is -0.361 e. The number of hydrogen-bond acceptors (Lipinski definition) is 1. The zero-order valence-corrected chi connectivity index (χ0v) is 13.9. The standard InChI is InChI=1S/C21H19FN2O/c22-15-7-8-16-17(13-23-18(16)12-15)21(9-10-21)20(25)24-11-3-5-14-4-1-2-6-19(14)24/h1-2,4,6-8,12-13,23H,3,5,9-11H2. The second-order valence-corrected chi connectivity index (χ2v) is 7.16. The summed E-state index contributed by atoms with van der Waals surface area (Å²) in [5.74, 6) is -0.0769. The summed E-state index contributed by atoms with van der Waals surface area (Å²) in [6, 6.07) is 12.9. The zero-order valence-electron chi connectivity index (χ0n) is 13.9. The second kappa shape index (κ2) is 5.19. The summed E-state index contributed by atoms with van der Waals surface area (Å²) >= 11 is 0. The van der Waals surface area contributed by atoms with Crippen molar-refractivity contribution in [1.82, 2.24) is 4.98 Å². The van der Waals surface area contributed by atoms with Crippen LogP contribution in [-0.4, -0.2) is 17.4 Å². The lowest BCUT2D eigenvalue weighted by atomic mass is 9.92. The largest absolute Gasteiger partial charge is 0.361 e. The van der Waals surface area contributed by atoms with Gasteiger partial charge in [-0.15, -0.1) is 0 Å². The zero-order chi connectivity index (χ0) is 17.0. The minimum absolute atomic E-state index is 0.185. The van der Waals surface area contributed by atoms with Crippen LogP contribution in [0.3, 0.4) is 0 Å². The number of carbonyl (C=O) groups excluding carboxylic acids is 1. The fourth-order valence-electron chi connectivity index (χ4n) is 4.22. The van der Waals surface area contributed by atoms with E-state index in [1.54, 1.807) is 6.07 Å². The molecule has 1 amide bonds. The van der Waals surface area contributed by atoms with Crippen LogP contribution < -0.4 is 4.90 Å². The smallest absolute Gasteiger partial charge is 0.237 e. The number of amides is 1. The van der Waals surface area contributed by atoms with Crippen LogP contribution >= 0.6 is 0 Å². The van der Waals surface area contributed by atoms with Crippen molar-refractivity contribution < 1.29 is 9.18 Å².